The van der Waals surface area contributed by atoms with E-state index in [9.17, 15) is 22.8 Å². The van der Waals surface area contributed by atoms with Gasteiger partial charge in [0.05, 0.1) is 23.4 Å². The van der Waals surface area contributed by atoms with Gasteiger partial charge in [0.2, 0.25) is 0 Å². The second-order valence-corrected chi connectivity index (χ2v) is 9.43. The van der Waals surface area contributed by atoms with Crippen LogP contribution in [0.1, 0.15) is 35.1 Å². The summed E-state index contributed by atoms with van der Waals surface area (Å²) >= 11 is 0. The van der Waals surface area contributed by atoms with Gasteiger partial charge in [0.15, 0.2) is 6.29 Å². The van der Waals surface area contributed by atoms with Gasteiger partial charge in [-0.1, -0.05) is 42.5 Å². The first-order chi connectivity index (χ1) is 18.3. The number of alkyl halides is 3. The highest BCUT2D eigenvalue weighted by molar-refractivity contribution is 6.27. The lowest BCUT2D eigenvalue weighted by molar-refractivity contribution is -0.139. The number of nitrogens with one attached hydrogen (secondary N) is 1. The van der Waals surface area contributed by atoms with Gasteiger partial charge in [-0.15, -0.1) is 0 Å². The number of rotatable bonds is 7. The van der Waals surface area contributed by atoms with Crippen molar-refractivity contribution in [1.29, 1.82) is 0 Å². The van der Waals surface area contributed by atoms with Crippen molar-refractivity contribution in [1.82, 2.24) is 20.1 Å². The minimum Gasteiger partial charge on any atom is -0.351 e. The highest BCUT2D eigenvalue weighted by Crippen LogP contribution is 2.36. The monoisotopic (exact) mass is 520 g/mol. The van der Waals surface area contributed by atoms with Crippen LogP contribution in [0, 0.1) is 0 Å². The van der Waals surface area contributed by atoms with Crippen LogP contribution >= 0.6 is 0 Å². The van der Waals surface area contributed by atoms with Crippen molar-refractivity contribution in [2.75, 3.05) is 19.6 Å². The maximum absolute atomic E-state index is 13.9. The average molecular weight is 521 g/mol. The van der Waals surface area contributed by atoms with E-state index in [2.05, 4.69) is 10.3 Å². The number of carbonyl (C=O) groups excluding carboxylic acids is 2. The SMILES string of the molecule is O=C(CCc1ccccc1)CN1CCCN2C(=O)C(c3cccc(C(F)(F)F)c3)=C(c3ccncc3)NC12. The first kappa shape index (κ1) is 25.7. The fourth-order valence-corrected chi connectivity index (χ4v) is 4.98. The summed E-state index contributed by atoms with van der Waals surface area (Å²) in [5.41, 5.74) is 1.65. The Hall–Kier alpha value is -3.98. The van der Waals surface area contributed by atoms with Crippen molar-refractivity contribution in [2.45, 2.75) is 31.7 Å². The summed E-state index contributed by atoms with van der Waals surface area (Å²) in [5.74, 6) is -0.315. The Morgan fingerprint density at radius 2 is 1.74 bits per heavy atom. The number of fused-ring (bicyclic) bond motifs is 1. The highest BCUT2D eigenvalue weighted by atomic mass is 19.4. The number of benzene rings is 2. The molecule has 9 heteroatoms. The number of nitrogens with zero attached hydrogens (tertiary/aromatic N) is 3. The summed E-state index contributed by atoms with van der Waals surface area (Å²) < 4.78 is 40.5. The zero-order valence-corrected chi connectivity index (χ0v) is 20.6. The Bertz CT molecular complexity index is 1340. The van der Waals surface area contributed by atoms with Gasteiger partial charge < -0.3 is 10.2 Å². The van der Waals surface area contributed by atoms with Gasteiger partial charge in [0.25, 0.3) is 5.91 Å². The predicted octanol–water partition coefficient (Wildman–Crippen LogP) is 4.59. The lowest BCUT2D eigenvalue weighted by Gasteiger charge is -2.47. The number of hydrogen-bond acceptors (Lipinski definition) is 5. The average Bonchev–Trinajstić information content (AvgIpc) is 2.93. The van der Waals surface area contributed by atoms with Gasteiger partial charge in [-0.3, -0.25) is 19.5 Å². The van der Waals surface area contributed by atoms with Crippen molar-refractivity contribution in [3.05, 3.63) is 101 Å². The normalized spacial score (nSPS) is 18.2. The van der Waals surface area contributed by atoms with Gasteiger partial charge in [-0.2, -0.15) is 13.2 Å². The first-order valence-electron chi connectivity index (χ1n) is 12.5. The molecule has 0 spiro atoms. The summed E-state index contributed by atoms with van der Waals surface area (Å²) in [6, 6.07) is 18.0. The largest absolute Gasteiger partial charge is 0.416 e. The molecular weight excluding hydrogens is 493 g/mol. The lowest BCUT2D eigenvalue weighted by atomic mass is 9.94. The topological polar surface area (TPSA) is 65.5 Å². The van der Waals surface area contributed by atoms with Crippen LogP contribution in [0.5, 0.6) is 0 Å². The minimum atomic E-state index is -4.54. The molecule has 0 aliphatic carbocycles. The number of amides is 1. The van der Waals surface area contributed by atoms with Crippen molar-refractivity contribution < 1.29 is 22.8 Å². The molecule has 2 aliphatic rings. The Balaban J connectivity index is 1.46. The molecule has 1 saturated heterocycles. The number of ketones is 1. The maximum Gasteiger partial charge on any atom is 0.416 e. The molecule has 6 nitrogen and oxygen atoms in total. The molecule has 1 N–H and O–H groups in total. The van der Waals surface area contributed by atoms with Crippen LogP contribution in [0.25, 0.3) is 11.3 Å². The number of pyridine rings is 1. The maximum atomic E-state index is 13.9. The van der Waals surface area contributed by atoms with Gasteiger partial charge in [0.1, 0.15) is 5.78 Å². The zero-order valence-electron chi connectivity index (χ0n) is 20.6. The molecule has 0 radical (unpaired) electrons. The third-order valence-corrected chi connectivity index (χ3v) is 6.85. The fourth-order valence-electron chi connectivity index (χ4n) is 4.98. The number of hydrogen-bond donors (Lipinski definition) is 1. The van der Waals surface area contributed by atoms with E-state index in [0.29, 0.717) is 43.6 Å². The molecule has 1 aromatic heterocycles. The van der Waals surface area contributed by atoms with E-state index in [1.807, 2.05) is 35.2 Å². The molecule has 38 heavy (non-hydrogen) atoms. The van der Waals surface area contributed by atoms with Crippen molar-refractivity contribution in [3.8, 4) is 0 Å². The van der Waals surface area contributed by atoms with Crippen molar-refractivity contribution >= 4 is 23.0 Å². The van der Waals surface area contributed by atoms with Crippen LogP contribution in [-0.2, 0) is 22.2 Å². The Kier molecular flexibility index (Phi) is 7.28. The minimum absolute atomic E-state index is 0.0584. The summed E-state index contributed by atoms with van der Waals surface area (Å²) in [4.78, 5) is 34.3. The molecule has 196 valence electrons. The van der Waals surface area contributed by atoms with E-state index >= 15 is 0 Å². The summed E-state index contributed by atoms with van der Waals surface area (Å²) in [7, 11) is 0. The second kappa shape index (κ2) is 10.8. The van der Waals surface area contributed by atoms with Crippen LogP contribution in [0.15, 0.2) is 79.1 Å². The number of halogens is 3. The third kappa shape index (κ3) is 5.47. The van der Waals surface area contributed by atoms with Crippen molar-refractivity contribution in [2.24, 2.45) is 0 Å². The van der Waals surface area contributed by atoms with Crippen LogP contribution in [0.2, 0.25) is 0 Å². The van der Waals surface area contributed by atoms with E-state index in [-0.39, 0.29) is 29.4 Å². The molecule has 1 unspecified atom stereocenters. The molecule has 3 aromatic rings. The van der Waals surface area contributed by atoms with Gasteiger partial charge in [0, 0.05) is 37.5 Å². The molecule has 2 aliphatic heterocycles. The summed E-state index contributed by atoms with van der Waals surface area (Å²) in [5, 5.41) is 3.39. The molecule has 0 bridgehead atoms. The standard InChI is InChI=1S/C29H27F3N4O2/c30-29(31,32)23-9-4-8-22(18-23)25-26(21-12-14-33-15-13-21)34-28-35(16-5-17-36(28)27(25)38)19-24(37)11-10-20-6-2-1-3-7-20/h1-4,6-9,12-15,18,28,34H,5,10-11,16-17,19H2. The zero-order chi connectivity index (χ0) is 26.7. The number of aryl methyl sites for hydroxylation is 1. The van der Waals surface area contributed by atoms with E-state index < -0.39 is 18.0 Å². The van der Waals surface area contributed by atoms with Gasteiger partial charge in [-0.25, -0.2) is 0 Å². The van der Waals surface area contributed by atoms with E-state index in [1.165, 1.54) is 12.1 Å². The van der Waals surface area contributed by atoms with E-state index in [4.69, 9.17) is 0 Å². The second-order valence-electron chi connectivity index (χ2n) is 9.43. The number of Topliss-reactive ketones (excluding diaryl/α,β-unsaturated/α-hetero) is 1. The Morgan fingerprint density at radius 1 is 0.974 bits per heavy atom. The molecule has 1 fully saturated rings. The molecule has 5 rings (SSSR count). The molecule has 1 atom stereocenters. The molecule has 2 aromatic carbocycles. The molecule has 3 heterocycles. The summed E-state index contributed by atoms with van der Waals surface area (Å²) in [6.45, 7) is 1.20. The predicted molar refractivity (Wildman–Crippen MR) is 137 cm³/mol. The van der Waals surface area contributed by atoms with Crippen LogP contribution < -0.4 is 5.32 Å². The number of carbonyl (C=O) groups is 2. The molecule has 1 amide bonds. The van der Waals surface area contributed by atoms with Crippen LogP contribution in [-0.4, -0.2) is 52.4 Å². The van der Waals surface area contributed by atoms with Crippen LogP contribution in [0.3, 0.4) is 0 Å². The first-order valence-corrected chi connectivity index (χ1v) is 12.5. The van der Waals surface area contributed by atoms with Gasteiger partial charge in [-0.05, 0) is 48.2 Å². The van der Waals surface area contributed by atoms with Crippen LogP contribution in [0.4, 0.5) is 13.2 Å². The lowest BCUT2D eigenvalue weighted by Crippen LogP contribution is -2.65. The molecular formula is C29H27F3N4O2. The quantitative estimate of drug-likeness (QED) is 0.494. The van der Waals surface area contributed by atoms with Crippen molar-refractivity contribution in [3.63, 3.8) is 0 Å². The highest BCUT2D eigenvalue weighted by Gasteiger charge is 2.41. The smallest absolute Gasteiger partial charge is 0.351 e. The fraction of sp³-hybridized carbons (Fsp3) is 0.276. The summed E-state index contributed by atoms with van der Waals surface area (Å²) in [6.07, 6.45) is -0.332. The Labute approximate surface area is 218 Å². The third-order valence-electron chi connectivity index (χ3n) is 6.85. The van der Waals surface area contributed by atoms with Gasteiger partial charge >= 0.3 is 6.18 Å². The Morgan fingerprint density at radius 3 is 2.47 bits per heavy atom. The molecule has 0 saturated carbocycles. The van der Waals surface area contributed by atoms with E-state index in [0.717, 1.165) is 17.7 Å². The van der Waals surface area contributed by atoms with E-state index in [1.54, 1.807) is 29.4 Å². The number of aromatic nitrogens is 1.